The van der Waals surface area contributed by atoms with Gasteiger partial charge in [0, 0.05) is 37.7 Å². The Morgan fingerprint density at radius 2 is 1.74 bits per heavy atom. The number of carbonyl (C=O) groups is 2. The molecule has 0 aromatic heterocycles. The smallest absolute Gasteiger partial charge is 0.419 e. The maximum Gasteiger partial charge on any atom is 0.419 e. The van der Waals surface area contributed by atoms with Gasteiger partial charge in [-0.3, -0.25) is 4.79 Å². The Bertz CT molecular complexity index is 978. The number of carbonyl (C=O) groups excluding carboxylic acids is 1. The third-order valence-electron chi connectivity index (χ3n) is 5.48. The van der Waals surface area contributed by atoms with E-state index in [1.165, 1.54) is 41.1 Å². The van der Waals surface area contributed by atoms with Crippen LogP contribution in [0.3, 0.4) is 0 Å². The minimum Gasteiger partial charge on any atom is -0.465 e. The van der Waals surface area contributed by atoms with E-state index in [0.29, 0.717) is 17.7 Å². The van der Waals surface area contributed by atoms with Gasteiger partial charge in [-0.25, -0.2) is 13.6 Å². The van der Waals surface area contributed by atoms with Gasteiger partial charge in [0.1, 0.15) is 11.6 Å². The Hall–Kier alpha value is -3.17. The van der Waals surface area contributed by atoms with Crippen LogP contribution in [0.2, 0.25) is 0 Å². The summed E-state index contributed by atoms with van der Waals surface area (Å²) in [5.74, 6) is -3.25. The monoisotopic (exact) mass is 442 g/mol. The van der Waals surface area contributed by atoms with Gasteiger partial charge < -0.3 is 14.9 Å². The van der Waals surface area contributed by atoms with Crippen LogP contribution in [0, 0.1) is 11.6 Å². The molecule has 1 heterocycles. The van der Waals surface area contributed by atoms with E-state index in [9.17, 15) is 36.6 Å². The van der Waals surface area contributed by atoms with Gasteiger partial charge >= 0.3 is 12.3 Å². The molecule has 1 saturated heterocycles. The van der Waals surface area contributed by atoms with Crippen LogP contribution in [-0.2, 0) is 6.18 Å². The van der Waals surface area contributed by atoms with Crippen LogP contribution >= 0.6 is 0 Å². The Morgan fingerprint density at radius 3 is 2.32 bits per heavy atom. The van der Waals surface area contributed by atoms with Crippen LogP contribution < -0.4 is 0 Å². The summed E-state index contributed by atoms with van der Waals surface area (Å²) in [4.78, 5) is 26.8. The van der Waals surface area contributed by atoms with E-state index in [4.69, 9.17) is 0 Å². The van der Waals surface area contributed by atoms with Gasteiger partial charge in [0.25, 0.3) is 5.91 Å². The van der Waals surface area contributed by atoms with Crippen molar-refractivity contribution in [1.82, 2.24) is 9.80 Å². The molecule has 5 nitrogen and oxygen atoms in total. The molecule has 2 unspecified atom stereocenters. The van der Waals surface area contributed by atoms with Crippen molar-refractivity contribution in [3.05, 3.63) is 70.8 Å². The van der Waals surface area contributed by atoms with Gasteiger partial charge in [-0.1, -0.05) is 12.1 Å². The molecule has 166 valence electrons. The highest BCUT2D eigenvalue weighted by Gasteiger charge is 2.38. The third-order valence-corrected chi connectivity index (χ3v) is 5.48. The zero-order valence-corrected chi connectivity index (χ0v) is 16.4. The highest BCUT2D eigenvalue weighted by molar-refractivity contribution is 5.94. The Morgan fingerprint density at radius 1 is 1.10 bits per heavy atom. The van der Waals surface area contributed by atoms with Gasteiger partial charge in [0.05, 0.1) is 5.56 Å². The number of amides is 2. The van der Waals surface area contributed by atoms with Gasteiger partial charge in [-0.15, -0.1) is 0 Å². The number of likely N-dealkylation sites (tertiary alicyclic amines) is 1. The number of alkyl halides is 3. The fourth-order valence-corrected chi connectivity index (χ4v) is 3.84. The number of benzene rings is 2. The van der Waals surface area contributed by atoms with Gasteiger partial charge in [0.15, 0.2) is 0 Å². The van der Waals surface area contributed by atoms with E-state index in [-0.39, 0.29) is 25.1 Å². The van der Waals surface area contributed by atoms with Crippen LogP contribution in [0.25, 0.3) is 0 Å². The summed E-state index contributed by atoms with van der Waals surface area (Å²) in [5, 5.41) is 9.34. The first kappa shape index (κ1) is 22.5. The van der Waals surface area contributed by atoms with Crippen molar-refractivity contribution in [2.45, 2.75) is 24.6 Å². The second-order valence-corrected chi connectivity index (χ2v) is 7.35. The van der Waals surface area contributed by atoms with Crippen molar-refractivity contribution in [1.29, 1.82) is 0 Å². The zero-order chi connectivity index (χ0) is 22.9. The lowest BCUT2D eigenvalue weighted by molar-refractivity contribution is -0.140. The summed E-state index contributed by atoms with van der Waals surface area (Å²) in [6.07, 6.45) is -5.88. The van der Waals surface area contributed by atoms with E-state index in [2.05, 4.69) is 0 Å². The van der Waals surface area contributed by atoms with Crippen molar-refractivity contribution in [3.63, 3.8) is 0 Å². The van der Waals surface area contributed by atoms with E-state index >= 15 is 0 Å². The Kier molecular flexibility index (Phi) is 6.19. The molecule has 0 aliphatic carbocycles. The maximum atomic E-state index is 13.6. The second-order valence-electron chi connectivity index (χ2n) is 7.35. The minimum atomic E-state index is -4.96. The zero-order valence-electron chi connectivity index (χ0n) is 16.4. The van der Waals surface area contributed by atoms with Crippen molar-refractivity contribution in [2.75, 3.05) is 20.1 Å². The van der Waals surface area contributed by atoms with E-state index in [1.807, 2.05) is 0 Å². The molecule has 2 amide bonds. The average Bonchev–Trinajstić information content (AvgIpc) is 2.72. The summed E-state index contributed by atoms with van der Waals surface area (Å²) < 4.78 is 66.0. The molecule has 1 aliphatic heterocycles. The standard InChI is InChI=1S/C21H19F5N2O3/c1-27(19(29)13-4-7-17(23)16(10-13)21(24,25)26)18-8-9-28(20(30)31)11-15(18)12-2-5-14(22)6-3-12/h2-7,10,15,18H,8-9,11H2,1H3,(H,30,31). The number of likely N-dealkylation sites (N-methyl/N-ethyl adjacent to an activating group) is 1. The molecule has 2 atom stereocenters. The SMILES string of the molecule is CN(C(=O)c1ccc(F)c(C(F)(F)F)c1)C1CCN(C(=O)O)CC1c1ccc(F)cc1. The Labute approximate surface area is 174 Å². The first-order chi connectivity index (χ1) is 14.5. The lowest BCUT2D eigenvalue weighted by Crippen LogP contribution is -2.51. The molecule has 1 N–H and O–H groups in total. The van der Waals surface area contributed by atoms with Crippen LogP contribution in [0.4, 0.5) is 26.7 Å². The predicted octanol–water partition coefficient (Wildman–Crippen LogP) is 4.59. The Balaban J connectivity index is 1.92. The fourth-order valence-electron chi connectivity index (χ4n) is 3.84. The molecule has 2 aromatic rings. The van der Waals surface area contributed by atoms with Crippen molar-refractivity contribution < 1.29 is 36.6 Å². The number of nitrogens with zero attached hydrogens (tertiary/aromatic N) is 2. The van der Waals surface area contributed by atoms with E-state index in [0.717, 1.165) is 6.07 Å². The number of rotatable bonds is 3. The number of hydrogen-bond acceptors (Lipinski definition) is 2. The summed E-state index contributed by atoms with van der Waals surface area (Å²) >= 11 is 0. The van der Waals surface area contributed by atoms with Crippen molar-refractivity contribution >= 4 is 12.0 Å². The number of halogens is 5. The maximum absolute atomic E-state index is 13.6. The molecule has 3 rings (SSSR count). The topological polar surface area (TPSA) is 60.9 Å². The van der Waals surface area contributed by atoms with Crippen LogP contribution in [0.1, 0.15) is 33.8 Å². The molecule has 0 bridgehead atoms. The summed E-state index contributed by atoms with van der Waals surface area (Å²) in [6.45, 7) is 0.146. The molecule has 2 aromatic carbocycles. The number of carboxylic acid groups (broad SMARTS) is 1. The molecule has 1 aliphatic rings. The first-order valence-electron chi connectivity index (χ1n) is 9.36. The van der Waals surface area contributed by atoms with Gasteiger partial charge in [0.2, 0.25) is 0 Å². The first-order valence-corrected chi connectivity index (χ1v) is 9.36. The van der Waals surface area contributed by atoms with E-state index in [1.54, 1.807) is 0 Å². The molecular weight excluding hydrogens is 423 g/mol. The molecule has 31 heavy (non-hydrogen) atoms. The summed E-state index contributed by atoms with van der Waals surface area (Å²) in [7, 11) is 1.40. The minimum absolute atomic E-state index is 0.0282. The van der Waals surface area contributed by atoms with Crippen LogP contribution in [-0.4, -0.2) is 53.1 Å². The third kappa shape index (κ3) is 4.78. The fraction of sp³-hybridized carbons (Fsp3) is 0.333. The summed E-state index contributed by atoms with van der Waals surface area (Å²) in [5.41, 5.74) is -1.29. The van der Waals surface area contributed by atoms with Gasteiger partial charge in [-0.2, -0.15) is 13.2 Å². The molecule has 10 heteroatoms. The van der Waals surface area contributed by atoms with E-state index < -0.39 is 47.3 Å². The largest absolute Gasteiger partial charge is 0.465 e. The van der Waals surface area contributed by atoms with Gasteiger partial charge in [-0.05, 0) is 42.3 Å². The lowest BCUT2D eigenvalue weighted by Gasteiger charge is -2.42. The molecule has 0 saturated carbocycles. The van der Waals surface area contributed by atoms with Crippen molar-refractivity contribution in [2.24, 2.45) is 0 Å². The van der Waals surface area contributed by atoms with Crippen molar-refractivity contribution in [3.8, 4) is 0 Å². The molecular formula is C21H19F5N2O3. The lowest BCUT2D eigenvalue weighted by atomic mass is 9.85. The number of hydrogen-bond donors (Lipinski definition) is 1. The predicted molar refractivity (Wildman–Crippen MR) is 101 cm³/mol. The summed E-state index contributed by atoms with van der Waals surface area (Å²) in [6, 6.07) is 6.86. The average molecular weight is 442 g/mol. The van der Waals surface area contributed by atoms with Crippen LogP contribution in [0.5, 0.6) is 0 Å². The molecule has 0 spiro atoms. The highest BCUT2D eigenvalue weighted by Crippen LogP contribution is 2.34. The molecule has 0 radical (unpaired) electrons. The second kappa shape index (κ2) is 8.52. The highest BCUT2D eigenvalue weighted by atomic mass is 19.4. The van der Waals surface area contributed by atoms with Crippen LogP contribution in [0.15, 0.2) is 42.5 Å². The normalized spacial score (nSPS) is 19.2. The molecule has 1 fully saturated rings. The quantitative estimate of drug-likeness (QED) is 0.708. The number of piperidine rings is 1.